The summed E-state index contributed by atoms with van der Waals surface area (Å²) in [6.45, 7) is 8.46. The van der Waals surface area contributed by atoms with Gasteiger partial charge >= 0.3 is 41.8 Å². The molecular formula is C29H42O19S. The smallest absolute Gasteiger partial charge is 0.303 e. The van der Waals surface area contributed by atoms with Crippen LogP contribution in [-0.4, -0.2) is 129 Å². The first-order valence-corrected chi connectivity index (χ1v) is 16.6. The lowest BCUT2D eigenvalue weighted by molar-refractivity contribution is -0.284. The molecule has 2 rings (SSSR count). The number of hydrogen-bond donors (Lipinski definition) is 0. The van der Waals surface area contributed by atoms with E-state index in [0.717, 1.165) is 48.5 Å². The van der Waals surface area contributed by atoms with E-state index in [1.54, 1.807) is 13.8 Å². The number of rotatable bonds is 13. The summed E-state index contributed by atoms with van der Waals surface area (Å²) in [4.78, 5) is 85.1. The van der Waals surface area contributed by atoms with Crippen LogP contribution in [0.1, 0.15) is 62.3 Å². The molecule has 10 atom stereocenters. The Hall–Kier alpha value is -3.88. The molecule has 0 saturated carbocycles. The Morgan fingerprint density at radius 2 is 0.918 bits per heavy atom. The zero-order chi connectivity index (χ0) is 37.4. The first kappa shape index (κ1) is 41.3. The molecule has 2 saturated heterocycles. The van der Waals surface area contributed by atoms with Crippen molar-refractivity contribution in [1.82, 2.24) is 0 Å². The fraction of sp³-hybridized carbons (Fsp3) is 0.759. The highest BCUT2D eigenvalue weighted by Gasteiger charge is 2.64. The van der Waals surface area contributed by atoms with Gasteiger partial charge in [-0.05, 0) is 13.8 Å². The number of carbonyl (C=O) groups is 7. The van der Waals surface area contributed by atoms with Crippen LogP contribution in [0.5, 0.6) is 0 Å². The predicted molar refractivity (Wildman–Crippen MR) is 157 cm³/mol. The number of esters is 7. The van der Waals surface area contributed by atoms with Crippen LogP contribution in [0.25, 0.3) is 0 Å². The SMILES string of the molecule is CC(=O)OC[C@H]1O[C@@H](S(=O)(=O)[C@@H]2[C@@H](OC(C)=O)[C@@H](OC(C)C)O[C@H](COC(C)=O)[C@H]2OC(C)=O)[C@H](OC(C)=O)[C@@H](OC(C)=O)[C@@H]1OC(C)=O. The van der Waals surface area contributed by atoms with Gasteiger partial charge in [-0.2, -0.15) is 0 Å². The minimum absolute atomic E-state index is 0.678. The van der Waals surface area contributed by atoms with E-state index in [0.29, 0.717) is 0 Å². The summed E-state index contributed by atoms with van der Waals surface area (Å²) in [5.74, 6) is -6.81. The van der Waals surface area contributed by atoms with Gasteiger partial charge in [0.1, 0.15) is 30.7 Å². The van der Waals surface area contributed by atoms with E-state index in [9.17, 15) is 33.6 Å². The van der Waals surface area contributed by atoms with E-state index in [4.69, 9.17) is 47.4 Å². The summed E-state index contributed by atoms with van der Waals surface area (Å²) in [5.41, 5.74) is -2.39. The Balaban J connectivity index is 2.94. The zero-order valence-electron chi connectivity index (χ0n) is 28.4. The van der Waals surface area contributed by atoms with Gasteiger partial charge in [0, 0.05) is 48.5 Å². The van der Waals surface area contributed by atoms with Crippen LogP contribution in [0.2, 0.25) is 0 Å². The van der Waals surface area contributed by atoms with E-state index >= 15 is 8.42 Å². The van der Waals surface area contributed by atoms with Gasteiger partial charge in [-0.15, -0.1) is 0 Å². The fourth-order valence-electron chi connectivity index (χ4n) is 5.22. The molecule has 0 radical (unpaired) electrons. The minimum atomic E-state index is -5.23. The van der Waals surface area contributed by atoms with E-state index in [-0.39, 0.29) is 0 Å². The average Bonchev–Trinajstić information content (AvgIpc) is 2.92. The van der Waals surface area contributed by atoms with Gasteiger partial charge in [-0.25, -0.2) is 8.42 Å². The maximum atomic E-state index is 15.0. The number of sulfone groups is 1. The van der Waals surface area contributed by atoms with Crippen molar-refractivity contribution in [3.05, 3.63) is 0 Å². The normalized spacial score (nSPS) is 29.9. The lowest BCUT2D eigenvalue weighted by Crippen LogP contribution is -2.69. The molecule has 19 nitrogen and oxygen atoms in total. The zero-order valence-corrected chi connectivity index (χ0v) is 29.2. The van der Waals surface area contributed by atoms with Crippen LogP contribution in [0.3, 0.4) is 0 Å². The molecule has 278 valence electrons. The summed E-state index contributed by atoms with van der Waals surface area (Å²) < 4.78 is 84.4. The highest BCUT2D eigenvalue weighted by molar-refractivity contribution is 7.92. The molecule has 0 bridgehead atoms. The molecule has 0 aromatic heterocycles. The molecule has 0 aromatic carbocycles. The Bertz CT molecular complexity index is 1360. The van der Waals surface area contributed by atoms with Crippen LogP contribution in [0.4, 0.5) is 0 Å². The summed E-state index contributed by atoms with van der Waals surface area (Å²) in [5, 5.41) is -2.18. The topological polar surface area (TPSA) is 246 Å². The average molecular weight is 727 g/mol. The first-order chi connectivity index (χ1) is 22.6. The van der Waals surface area contributed by atoms with Crippen LogP contribution in [-0.2, 0) is 90.8 Å². The molecule has 2 aliphatic heterocycles. The maximum Gasteiger partial charge on any atom is 0.303 e. The Kier molecular flexibility index (Phi) is 14.9. The van der Waals surface area contributed by atoms with Crippen molar-refractivity contribution in [3.63, 3.8) is 0 Å². The molecule has 0 unspecified atom stereocenters. The molecule has 0 amide bonds. The molecule has 0 aliphatic carbocycles. The molecule has 49 heavy (non-hydrogen) atoms. The van der Waals surface area contributed by atoms with E-state index in [2.05, 4.69) is 0 Å². The van der Waals surface area contributed by atoms with Gasteiger partial charge in [0.25, 0.3) is 0 Å². The van der Waals surface area contributed by atoms with E-state index in [1.807, 2.05) is 0 Å². The third-order valence-electron chi connectivity index (χ3n) is 6.70. The highest BCUT2D eigenvalue weighted by atomic mass is 32.2. The van der Waals surface area contributed by atoms with Gasteiger partial charge in [-0.3, -0.25) is 33.6 Å². The summed E-state index contributed by atoms with van der Waals surface area (Å²) in [6, 6.07) is 0. The molecule has 0 spiro atoms. The van der Waals surface area contributed by atoms with E-state index < -0.39 is 131 Å². The molecule has 20 heteroatoms. The second kappa shape index (κ2) is 17.7. The van der Waals surface area contributed by atoms with Gasteiger partial charge in [-0.1, -0.05) is 0 Å². The predicted octanol–water partition coefficient (Wildman–Crippen LogP) is -0.571. The number of carbonyl (C=O) groups excluding carboxylic acids is 7. The van der Waals surface area contributed by atoms with Crippen molar-refractivity contribution in [2.75, 3.05) is 13.2 Å². The van der Waals surface area contributed by atoms with Gasteiger partial charge in [0.2, 0.25) is 0 Å². The number of ether oxygens (including phenoxy) is 10. The van der Waals surface area contributed by atoms with Crippen LogP contribution >= 0.6 is 0 Å². The van der Waals surface area contributed by atoms with Crippen molar-refractivity contribution in [2.45, 2.75) is 128 Å². The van der Waals surface area contributed by atoms with Crippen LogP contribution in [0.15, 0.2) is 0 Å². The van der Waals surface area contributed by atoms with Gasteiger partial charge in [0.15, 0.2) is 52.1 Å². The van der Waals surface area contributed by atoms with Crippen molar-refractivity contribution < 1.29 is 89.3 Å². The lowest BCUT2D eigenvalue weighted by Gasteiger charge is -2.48. The molecule has 2 heterocycles. The Morgan fingerprint density at radius 3 is 1.35 bits per heavy atom. The highest BCUT2D eigenvalue weighted by Crippen LogP contribution is 2.39. The van der Waals surface area contributed by atoms with Gasteiger partial charge < -0.3 is 47.4 Å². The Labute approximate surface area is 282 Å². The van der Waals surface area contributed by atoms with Crippen molar-refractivity contribution >= 4 is 51.6 Å². The third kappa shape index (κ3) is 11.6. The van der Waals surface area contributed by atoms with Crippen molar-refractivity contribution in [1.29, 1.82) is 0 Å². The summed E-state index contributed by atoms with van der Waals surface area (Å²) >= 11 is 0. The standard InChI is InChI=1S/C29H42O19S/c1-12(2)41-28-26(46-19(9)36)27(23(43-16(6)33)21(47-28)11-40-14(4)31)49(37,38)29-25(45-18(8)35)24(44-17(7)34)22(42-15(5)32)20(48-29)10-39-13(3)30/h12,20-29H,10-11H2,1-9H3/t20-,21-,22-,23-,24+,25-,26-,27+,28+,29+/m1/s1. The molecule has 0 N–H and O–H groups in total. The summed E-state index contributed by atoms with van der Waals surface area (Å²) in [6.07, 6.45) is -15.1. The second-order valence-electron chi connectivity index (χ2n) is 11.3. The quantitative estimate of drug-likeness (QED) is 0.170. The van der Waals surface area contributed by atoms with Crippen molar-refractivity contribution in [3.8, 4) is 0 Å². The molecule has 0 aromatic rings. The largest absolute Gasteiger partial charge is 0.463 e. The minimum Gasteiger partial charge on any atom is -0.463 e. The van der Waals surface area contributed by atoms with Gasteiger partial charge in [0.05, 0.1) is 6.10 Å². The fourth-order valence-corrected chi connectivity index (χ4v) is 7.58. The third-order valence-corrected chi connectivity index (χ3v) is 9.03. The van der Waals surface area contributed by atoms with Crippen LogP contribution < -0.4 is 0 Å². The number of hydrogen-bond acceptors (Lipinski definition) is 19. The second-order valence-corrected chi connectivity index (χ2v) is 13.5. The van der Waals surface area contributed by atoms with E-state index in [1.165, 1.54) is 0 Å². The molecular weight excluding hydrogens is 684 g/mol. The maximum absolute atomic E-state index is 15.0. The van der Waals surface area contributed by atoms with Crippen molar-refractivity contribution in [2.24, 2.45) is 0 Å². The molecule has 2 aliphatic rings. The Morgan fingerprint density at radius 1 is 0.531 bits per heavy atom. The first-order valence-electron chi connectivity index (χ1n) is 15.0. The van der Waals surface area contributed by atoms with Crippen LogP contribution in [0, 0.1) is 0 Å². The lowest BCUT2D eigenvalue weighted by atomic mass is 9.99. The molecule has 2 fully saturated rings. The monoisotopic (exact) mass is 726 g/mol. The summed E-state index contributed by atoms with van der Waals surface area (Å²) in [7, 11) is -5.23.